The number of hydrogen-bond acceptors (Lipinski definition) is 8. The summed E-state index contributed by atoms with van der Waals surface area (Å²) in [6.07, 6.45) is 10.6. The summed E-state index contributed by atoms with van der Waals surface area (Å²) in [5.74, 6) is 0.901. The Labute approximate surface area is 277 Å². The first kappa shape index (κ1) is 35.0. The molecule has 0 N–H and O–H groups in total. The Morgan fingerprint density at radius 3 is 1.79 bits per heavy atom. The van der Waals surface area contributed by atoms with E-state index in [1.54, 1.807) is 36.4 Å². The van der Waals surface area contributed by atoms with Gasteiger partial charge in [-0.2, -0.15) is 0 Å². The lowest BCUT2D eigenvalue weighted by molar-refractivity contribution is -0.139. The summed E-state index contributed by atoms with van der Waals surface area (Å²) in [5, 5.41) is 0. The fourth-order valence-corrected chi connectivity index (χ4v) is 5.10. The summed E-state index contributed by atoms with van der Waals surface area (Å²) in [7, 11) is 0. The Bertz CT molecular complexity index is 1440. The maximum Gasteiger partial charge on any atom is 0.343 e. The van der Waals surface area contributed by atoms with Gasteiger partial charge in [0, 0.05) is 18.1 Å². The SMILES string of the molecule is C=CC(=O)OCCCCCOc1ccc(-c2ccc(OC(=O)c3ccc(OCCCCCCCC4CC(=C)C(=O)O4)cc3)cc2)cc1. The molecule has 0 aromatic heterocycles. The molecule has 3 aromatic carbocycles. The minimum Gasteiger partial charge on any atom is -0.494 e. The van der Waals surface area contributed by atoms with Crippen molar-refractivity contribution in [1.29, 1.82) is 0 Å². The Morgan fingerprint density at radius 1 is 0.702 bits per heavy atom. The summed E-state index contributed by atoms with van der Waals surface area (Å²) in [6.45, 7) is 8.70. The summed E-state index contributed by atoms with van der Waals surface area (Å²) < 4.78 is 27.5. The minimum atomic E-state index is -0.430. The lowest BCUT2D eigenvalue weighted by Crippen LogP contribution is -2.08. The zero-order valence-electron chi connectivity index (χ0n) is 27.0. The van der Waals surface area contributed by atoms with E-state index in [0.29, 0.717) is 48.9 Å². The normalized spacial score (nSPS) is 13.9. The van der Waals surface area contributed by atoms with Gasteiger partial charge in [-0.1, -0.05) is 56.7 Å². The van der Waals surface area contributed by atoms with Crippen molar-refractivity contribution in [3.8, 4) is 28.4 Å². The molecule has 0 spiro atoms. The monoisotopic (exact) mass is 640 g/mol. The molecule has 1 heterocycles. The van der Waals surface area contributed by atoms with Crippen molar-refractivity contribution >= 4 is 17.9 Å². The number of unbranched alkanes of at least 4 members (excludes halogenated alkanes) is 6. The summed E-state index contributed by atoms with van der Waals surface area (Å²) >= 11 is 0. The third-order valence-electron chi connectivity index (χ3n) is 7.79. The van der Waals surface area contributed by atoms with Crippen LogP contribution in [-0.2, 0) is 19.1 Å². The molecule has 1 fully saturated rings. The van der Waals surface area contributed by atoms with Gasteiger partial charge in [0.25, 0.3) is 0 Å². The molecule has 1 saturated heterocycles. The van der Waals surface area contributed by atoms with Crippen molar-refractivity contribution in [3.63, 3.8) is 0 Å². The number of ether oxygens (including phenoxy) is 5. The van der Waals surface area contributed by atoms with Crippen LogP contribution in [0.2, 0.25) is 0 Å². The maximum absolute atomic E-state index is 12.7. The van der Waals surface area contributed by atoms with E-state index >= 15 is 0 Å². The summed E-state index contributed by atoms with van der Waals surface area (Å²) in [6, 6.07) is 22.2. The molecule has 8 heteroatoms. The Kier molecular flexibility index (Phi) is 14.1. The molecule has 1 aliphatic heterocycles. The number of cyclic esters (lactones) is 1. The molecule has 8 nitrogen and oxygen atoms in total. The second-order valence-corrected chi connectivity index (χ2v) is 11.5. The fraction of sp³-hybridized carbons (Fsp3) is 0.359. The molecule has 0 saturated carbocycles. The zero-order valence-corrected chi connectivity index (χ0v) is 27.0. The van der Waals surface area contributed by atoms with Gasteiger partial charge in [0.15, 0.2) is 0 Å². The van der Waals surface area contributed by atoms with Crippen LogP contribution >= 0.6 is 0 Å². The van der Waals surface area contributed by atoms with Crippen LogP contribution in [-0.4, -0.2) is 43.8 Å². The van der Waals surface area contributed by atoms with Crippen LogP contribution in [0.5, 0.6) is 17.2 Å². The first-order chi connectivity index (χ1) is 22.9. The highest BCUT2D eigenvalue weighted by atomic mass is 16.6. The van der Waals surface area contributed by atoms with Crippen LogP contribution in [0.4, 0.5) is 0 Å². The van der Waals surface area contributed by atoms with Crippen molar-refractivity contribution in [1.82, 2.24) is 0 Å². The van der Waals surface area contributed by atoms with E-state index in [9.17, 15) is 14.4 Å². The molecule has 0 radical (unpaired) electrons. The lowest BCUT2D eigenvalue weighted by Gasteiger charge is -2.09. The van der Waals surface area contributed by atoms with Crippen LogP contribution in [0, 0.1) is 0 Å². The maximum atomic E-state index is 12.7. The van der Waals surface area contributed by atoms with E-state index in [-0.39, 0.29) is 12.1 Å². The van der Waals surface area contributed by atoms with Gasteiger partial charge < -0.3 is 23.7 Å². The van der Waals surface area contributed by atoms with Gasteiger partial charge >= 0.3 is 17.9 Å². The van der Waals surface area contributed by atoms with Crippen molar-refractivity contribution in [2.75, 3.05) is 19.8 Å². The van der Waals surface area contributed by atoms with Crippen LogP contribution in [0.25, 0.3) is 11.1 Å². The van der Waals surface area contributed by atoms with E-state index < -0.39 is 11.9 Å². The average molecular weight is 641 g/mol. The van der Waals surface area contributed by atoms with E-state index in [1.807, 2.05) is 36.4 Å². The van der Waals surface area contributed by atoms with Crippen molar-refractivity contribution in [2.24, 2.45) is 0 Å². The highest BCUT2D eigenvalue weighted by Gasteiger charge is 2.26. The van der Waals surface area contributed by atoms with Gasteiger partial charge in [0.1, 0.15) is 23.4 Å². The Balaban J connectivity index is 1.09. The lowest BCUT2D eigenvalue weighted by atomic mass is 10.1. The summed E-state index contributed by atoms with van der Waals surface area (Å²) in [5.41, 5.74) is 3.05. The number of rotatable bonds is 20. The third kappa shape index (κ3) is 12.1. The van der Waals surface area contributed by atoms with E-state index in [0.717, 1.165) is 74.7 Å². The van der Waals surface area contributed by atoms with Crippen molar-refractivity contribution in [2.45, 2.75) is 70.3 Å². The number of carbonyl (C=O) groups is 3. The minimum absolute atomic E-state index is 0.00726. The Hall–Kier alpha value is -4.85. The first-order valence-corrected chi connectivity index (χ1v) is 16.4. The third-order valence-corrected chi connectivity index (χ3v) is 7.79. The number of hydrogen-bond donors (Lipinski definition) is 0. The smallest absolute Gasteiger partial charge is 0.343 e. The fourth-order valence-electron chi connectivity index (χ4n) is 5.10. The van der Waals surface area contributed by atoms with Gasteiger partial charge in [-0.05, 0) is 98.2 Å². The zero-order chi connectivity index (χ0) is 33.3. The number of carbonyl (C=O) groups excluding carboxylic acids is 3. The molecule has 47 heavy (non-hydrogen) atoms. The average Bonchev–Trinajstić information content (AvgIpc) is 3.42. The molecule has 0 aliphatic carbocycles. The Morgan fingerprint density at radius 2 is 1.21 bits per heavy atom. The highest BCUT2D eigenvalue weighted by molar-refractivity contribution is 5.91. The van der Waals surface area contributed by atoms with Gasteiger partial charge in [-0.3, -0.25) is 0 Å². The molecular weight excluding hydrogens is 596 g/mol. The van der Waals surface area contributed by atoms with Crippen LogP contribution in [0.1, 0.15) is 74.6 Å². The number of esters is 3. The largest absolute Gasteiger partial charge is 0.494 e. The molecule has 1 unspecified atom stereocenters. The molecule has 1 aliphatic rings. The van der Waals surface area contributed by atoms with E-state index in [1.165, 1.54) is 6.08 Å². The van der Waals surface area contributed by atoms with Crippen molar-refractivity contribution < 1.29 is 38.1 Å². The molecule has 0 amide bonds. The molecular formula is C39H44O8. The molecule has 1 atom stereocenters. The molecule has 248 valence electrons. The highest BCUT2D eigenvalue weighted by Crippen LogP contribution is 2.26. The first-order valence-electron chi connectivity index (χ1n) is 16.4. The van der Waals surface area contributed by atoms with Crippen molar-refractivity contribution in [3.05, 3.63) is 103 Å². The predicted molar refractivity (Wildman–Crippen MR) is 181 cm³/mol. The molecule has 0 bridgehead atoms. The molecule has 4 rings (SSSR count). The van der Waals surface area contributed by atoms with Gasteiger partial charge in [0.2, 0.25) is 0 Å². The van der Waals surface area contributed by atoms with Gasteiger partial charge in [-0.15, -0.1) is 0 Å². The quantitative estimate of drug-likeness (QED) is 0.0525. The van der Waals surface area contributed by atoms with Crippen LogP contribution in [0.15, 0.2) is 97.6 Å². The van der Waals surface area contributed by atoms with Crippen LogP contribution < -0.4 is 14.2 Å². The van der Waals surface area contributed by atoms with E-state index in [2.05, 4.69) is 13.2 Å². The number of benzene rings is 3. The second-order valence-electron chi connectivity index (χ2n) is 11.5. The van der Waals surface area contributed by atoms with E-state index in [4.69, 9.17) is 23.7 Å². The van der Waals surface area contributed by atoms with Gasteiger partial charge in [-0.25, -0.2) is 14.4 Å². The topological polar surface area (TPSA) is 97.4 Å². The van der Waals surface area contributed by atoms with Gasteiger partial charge in [0.05, 0.1) is 25.4 Å². The second kappa shape index (κ2) is 19.0. The van der Waals surface area contributed by atoms with Crippen LogP contribution in [0.3, 0.4) is 0 Å². The predicted octanol–water partition coefficient (Wildman–Crippen LogP) is 8.44. The molecule has 3 aromatic rings. The summed E-state index contributed by atoms with van der Waals surface area (Å²) in [4.78, 5) is 35.1. The standard InChI is InChI=1S/C39H44O8/c1-3-37(40)45-27-11-7-10-26-44-33-19-13-30(14-20-33)31-15-23-35(24-16-31)46-39(42)32-17-21-34(22-18-32)43-25-9-6-4-5-8-12-36-28-29(2)38(41)47-36/h3,13-24,36H,1-2,4-12,25-28H2.